The van der Waals surface area contributed by atoms with Crippen LogP contribution in [-0.4, -0.2) is 22.6 Å². The van der Waals surface area contributed by atoms with Crippen molar-refractivity contribution in [2.75, 3.05) is 12.4 Å². The molecule has 5 nitrogen and oxygen atoms in total. The first-order chi connectivity index (χ1) is 12.6. The number of hydrogen-bond donors (Lipinski definition) is 1. The first kappa shape index (κ1) is 18.4. The Morgan fingerprint density at radius 2 is 2.04 bits per heavy atom. The van der Waals surface area contributed by atoms with E-state index in [1.165, 1.54) is 0 Å². The molecule has 0 saturated carbocycles. The number of carbonyl (C=O) groups is 1. The Balaban J connectivity index is 1.67. The normalized spacial score (nSPS) is 11.8. The van der Waals surface area contributed by atoms with Crippen LogP contribution in [0, 0.1) is 0 Å². The van der Waals surface area contributed by atoms with Crippen LogP contribution in [0.3, 0.4) is 0 Å². The summed E-state index contributed by atoms with van der Waals surface area (Å²) >= 11 is 7.94. The fourth-order valence-electron chi connectivity index (χ4n) is 2.31. The molecule has 1 N–H and O–H groups in total. The van der Waals surface area contributed by atoms with Gasteiger partial charge in [-0.1, -0.05) is 23.4 Å². The average Bonchev–Trinajstić information content (AvgIpc) is 3.18. The van der Waals surface area contributed by atoms with E-state index in [-0.39, 0.29) is 11.9 Å². The van der Waals surface area contributed by atoms with Crippen molar-refractivity contribution < 1.29 is 9.53 Å². The molecule has 0 aliphatic rings. The second kappa shape index (κ2) is 8.29. The van der Waals surface area contributed by atoms with Gasteiger partial charge in [0.25, 0.3) is 0 Å². The predicted molar refractivity (Wildman–Crippen MR) is 104 cm³/mol. The smallest absolute Gasteiger partial charge is 0.247 e. The monoisotopic (exact) mass is 387 g/mol. The van der Waals surface area contributed by atoms with E-state index in [1.807, 2.05) is 43.3 Å². The Morgan fingerprint density at radius 3 is 2.65 bits per heavy atom. The molecule has 1 aromatic heterocycles. The number of nitrogens with zero attached hydrogens (tertiary/aromatic N) is 2. The van der Waals surface area contributed by atoms with Gasteiger partial charge in [0.1, 0.15) is 11.8 Å². The van der Waals surface area contributed by atoms with Crippen molar-refractivity contribution in [3.05, 3.63) is 66.2 Å². The van der Waals surface area contributed by atoms with Gasteiger partial charge in [0, 0.05) is 27.9 Å². The van der Waals surface area contributed by atoms with Crippen molar-refractivity contribution in [3.8, 4) is 5.75 Å². The highest BCUT2D eigenvalue weighted by atomic mass is 35.5. The molecule has 0 unspecified atom stereocenters. The Morgan fingerprint density at radius 1 is 1.27 bits per heavy atom. The van der Waals surface area contributed by atoms with Crippen molar-refractivity contribution >= 4 is 35.0 Å². The Bertz CT molecular complexity index is 882. The standard InChI is InChI=1S/C19H18ClN3O2S/c1-13(23-10-9-21-12-23)19(24)22-14-3-8-18(17(20)11-14)26-16-6-4-15(25-2)5-7-16/h3-13H,1-2H3,(H,22,24)/t13-/m1/s1. The van der Waals surface area contributed by atoms with Gasteiger partial charge in [-0.15, -0.1) is 0 Å². The highest BCUT2D eigenvalue weighted by molar-refractivity contribution is 7.99. The van der Waals surface area contributed by atoms with Crippen LogP contribution in [0.2, 0.25) is 5.02 Å². The summed E-state index contributed by atoms with van der Waals surface area (Å²) in [6, 6.07) is 12.9. The molecule has 2 aromatic carbocycles. The van der Waals surface area contributed by atoms with Crippen LogP contribution in [0.15, 0.2) is 71.0 Å². The van der Waals surface area contributed by atoms with Gasteiger partial charge in [0.05, 0.1) is 18.5 Å². The van der Waals surface area contributed by atoms with Gasteiger partial charge in [0.2, 0.25) is 5.91 Å². The number of hydrogen-bond acceptors (Lipinski definition) is 4. The third-order valence-electron chi connectivity index (χ3n) is 3.84. The SMILES string of the molecule is COc1ccc(Sc2ccc(NC(=O)[C@@H](C)n3ccnc3)cc2Cl)cc1. The van der Waals surface area contributed by atoms with Crippen molar-refractivity contribution in [1.82, 2.24) is 9.55 Å². The summed E-state index contributed by atoms with van der Waals surface area (Å²) in [7, 11) is 1.64. The van der Waals surface area contributed by atoms with Crippen LogP contribution in [0.1, 0.15) is 13.0 Å². The number of methoxy groups -OCH3 is 1. The molecule has 1 heterocycles. The van der Waals surface area contributed by atoms with Gasteiger partial charge >= 0.3 is 0 Å². The van der Waals surface area contributed by atoms with Crippen molar-refractivity contribution in [2.45, 2.75) is 22.8 Å². The molecule has 3 aromatic rings. The summed E-state index contributed by atoms with van der Waals surface area (Å²) < 4.78 is 6.90. The molecule has 0 spiro atoms. The van der Waals surface area contributed by atoms with Crippen LogP contribution in [-0.2, 0) is 4.79 Å². The van der Waals surface area contributed by atoms with Gasteiger partial charge < -0.3 is 14.6 Å². The molecule has 26 heavy (non-hydrogen) atoms. The highest BCUT2D eigenvalue weighted by Crippen LogP contribution is 2.35. The van der Waals surface area contributed by atoms with E-state index < -0.39 is 0 Å². The molecule has 7 heteroatoms. The lowest BCUT2D eigenvalue weighted by Crippen LogP contribution is -2.22. The maximum absolute atomic E-state index is 12.3. The van der Waals surface area contributed by atoms with Crippen molar-refractivity contribution in [3.63, 3.8) is 0 Å². The van der Waals surface area contributed by atoms with Gasteiger partial charge in [-0.25, -0.2) is 4.98 Å². The summed E-state index contributed by atoms with van der Waals surface area (Å²) in [5, 5.41) is 3.46. The summed E-state index contributed by atoms with van der Waals surface area (Å²) in [6.07, 6.45) is 5.02. The zero-order valence-electron chi connectivity index (χ0n) is 14.3. The third kappa shape index (κ3) is 4.39. The van der Waals surface area contributed by atoms with E-state index in [1.54, 1.807) is 48.2 Å². The lowest BCUT2D eigenvalue weighted by molar-refractivity contribution is -0.118. The first-order valence-electron chi connectivity index (χ1n) is 7.96. The van der Waals surface area contributed by atoms with E-state index in [0.29, 0.717) is 10.7 Å². The number of amides is 1. The zero-order chi connectivity index (χ0) is 18.5. The number of halogens is 1. The molecule has 0 aliphatic carbocycles. The predicted octanol–water partition coefficient (Wildman–Crippen LogP) is 4.90. The number of nitrogens with one attached hydrogen (secondary N) is 1. The molecule has 0 fully saturated rings. The molecule has 0 radical (unpaired) electrons. The summed E-state index contributed by atoms with van der Waals surface area (Å²) in [6.45, 7) is 1.81. The quantitative estimate of drug-likeness (QED) is 0.653. The van der Waals surface area contributed by atoms with Crippen LogP contribution < -0.4 is 10.1 Å². The summed E-state index contributed by atoms with van der Waals surface area (Å²) in [4.78, 5) is 18.3. The minimum absolute atomic E-state index is 0.130. The molecule has 0 aliphatic heterocycles. The van der Waals surface area contributed by atoms with Gasteiger partial charge in [0.15, 0.2) is 0 Å². The fourth-order valence-corrected chi connectivity index (χ4v) is 3.43. The number of benzene rings is 2. The van der Waals surface area contributed by atoms with Gasteiger partial charge in [-0.2, -0.15) is 0 Å². The second-order valence-corrected chi connectivity index (χ2v) is 7.12. The molecule has 134 valence electrons. The summed E-state index contributed by atoms with van der Waals surface area (Å²) in [5.41, 5.74) is 0.658. The second-order valence-electron chi connectivity index (χ2n) is 5.60. The van der Waals surface area contributed by atoms with Gasteiger partial charge in [-0.3, -0.25) is 4.79 Å². The Labute approximate surface area is 161 Å². The highest BCUT2D eigenvalue weighted by Gasteiger charge is 2.15. The van der Waals surface area contributed by atoms with E-state index in [9.17, 15) is 4.79 Å². The molecule has 1 atom stereocenters. The van der Waals surface area contributed by atoms with Crippen molar-refractivity contribution in [1.29, 1.82) is 0 Å². The Hall–Kier alpha value is -2.44. The molecule has 0 saturated heterocycles. The molecule has 0 bridgehead atoms. The van der Waals surface area contributed by atoms with Gasteiger partial charge in [-0.05, 0) is 49.4 Å². The number of carbonyl (C=O) groups excluding carboxylic acids is 1. The number of rotatable bonds is 6. The topological polar surface area (TPSA) is 56.1 Å². The van der Waals surface area contributed by atoms with Crippen LogP contribution in [0.5, 0.6) is 5.75 Å². The lowest BCUT2D eigenvalue weighted by atomic mass is 10.2. The molecular formula is C19H18ClN3O2S. The molecular weight excluding hydrogens is 370 g/mol. The number of anilines is 1. The van der Waals surface area contributed by atoms with Crippen LogP contribution in [0.25, 0.3) is 0 Å². The molecule has 3 rings (SSSR count). The first-order valence-corrected chi connectivity index (χ1v) is 9.16. The number of imidazole rings is 1. The van der Waals surface area contributed by atoms with E-state index in [2.05, 4.69) is 10.3 Å². The van der Waals surface area contributed by atoms with Crippen LogP contribution in [0.4, 0.5) is 5.69 Å². The van der Waals surface area contributed by atoms with Crippen molar-refractivity contribution in [2.24, 2.45) is 0 Å². The zero-order valence-corrected chi connectivity index (χ0v) is 15.9. The minimum atomic E-state index is -0.357. The van der Waals surface area contributed by atoms with Crippen LogP contribution >= 0.6 is 23.4 Å². The lowest BCUT2D eigenvalue weighted by Gasteiger charge is -2.14. The largest absolute Gasteiger partial charge is 0.497 e. The van der Waals surface area contributed by atoms with E-state index in [0.717, 1.165) is 15.5 Å². The fraction of sp³-hybridized carbons (Fsp3) is 0.158. The summed E-state index contributed by atoms with van der Waals surface area (Å²) in [5.74, 6) is 0.681. The maximum atomic E-state index is 12.3. The maximum Gasteiger partial charge on any atom is 0.247 e. The third-order valence-corrected chi connectivity index (χ3v) is 5.35. The number of aromatic nitrogens is 2. The number of ether oxygens (including phenoxy) is 1. The molecule has 1 amide bonds. The van der Waals surface area contributed by atoms with E-state index in [4.69, 9.17) is 16.3 Å². The Kier molecular flexibility index (Phi) is 5.85. The minimum Gasteiger partial charge on any atom is -0.497 e. The van der Waals surface area contributed by atoms with E-state index >= 15 is 0 Å². The average molecular weight is 388 g/mol.